The molecule has 4 N–H and O–H groups in total. The first-order valence-corrected chi connectivity index (χ1v) is 11.8. The maximum absolute atomic E-state index is 12.7. The summed E-state index contributed by atoms with van der Waals surface area (Å²) in [7, 11) is 0. The van der Waals surface area contributed by atoms with E-state index in [0.717, 1.165) is 36.1 Å². The van der Waals surface area contributed by atoms with E-state index in [1.807, 2.05) is 24.3 Å². The van der Waals surface area contributed by atoms with Crippen molar-refractivity contribution < 1.29 is 0 Å². The molecule has 0 amide bonds. The molecule has 3 heterocycles. The van der Waals surface area contributed by atoms with E-state index in [0.29, 0.717) is 28.5 Å². The zero-order valence-electron chi connectivity index (χ0n) is 18.9. The number of H-pyrrole nitrogens is 2. The van der Waals surface area contributed by atoms with E-state index in [1.165, 1.54) is 24.0 Å². The molecule has 0 spiro atoms. The fourth-order valence-corrected chi connectivity index (χ4v) is 5.15. The van der Waals surface area contributed by atoms with Crippen molar-refractivity contribution in [3.05, 3.63) is 94.3 Å². The van der Waals surface area contributed by atoms with Gasteiger partial charge in [0.15, 0.2) is 5.69 Å². The summed E-state index contributed by atoms with van der Waals surface area (Å²) in [4.78, 5) is 26.0. The molecule has 1 aliphatic rings. The number of hydrogen-bond acceptors (Lipinski definition) is 4. The van der Waals surface area contributed by atoms with Gasteiger partial charge in [0.25, 0.3) is 5.56 Å². The summed E-state index contributed by atoms with van der Waals surface area (Å²) in [6.07, 6.45) is 2.36. The summed E-state index contributed by atoms with van der Waals surface area (Å²) in [5.74, 6) is 0.648. The van der Waals surface area contributed by atoms with Gasteiger partial charge in [-0.2, -0.15) is 0 Å². The van der Waals surface area contributed by atoms with Gasteiger partial charge in [-0.25, -0.2) is 4.98 Å². The number of nitrogens with two attached hydrogens (primary N) is 1. The van der Waals surface area contributed by atoms with Crippen molar-refractivity contribution in [3.63, 3.8) is 0 Å². The zero-order valence-corrected chi connectivity index (χ0v) is 18.9. The SMILES string of the molecule is Nc1c(-c2nc3ccccc3[nH]c2=O)[nH]c2ccc(CN3CCC(c4ccccc4)CC3)cc12. The van der Waals surface area contributed by atoms with Gasteiger partial charge in [-0.15, -0.1) is 0 Å². The number of benzene rings is 3. The highest BCUT2D eigenvalue weighted by Crippen LogP contribution is 2.33. The number of nitrogens with one attached hydrogen (secondary N) is 2. The Morgan fingerprint density at radius 1 is 0.912 bits per heavy atom. The Hall–Kier alpha value is -3.90. The molecule has 5 aromatic rings. The summed E-state index contributed by atoms with van der Waals surface area (Å²) in [5.41, 5.74) is 12.8. The number of aromatic amines is 2. The van der Waals surface area contributed by atoms with Crippen molar-refractivity contribution in [1.82, 2.24) is 19.9 Å². The van der Waals surface area contributed by atoms with Gasteiger partial charge >= 0.3 is 0 Å². The van der Waals surface area contributed by atoms with Gasteiger partial charge in [0, 0.05) is 17.4 Å². The number of fused-ring (bicyclic) bond motifs is 2. The lowest BCUT2D eigenvalue weighted by Gasteiger charge is -2.32. The molecular formula is C28H27N5O. The van der Waals surface area contributed by atoms with Crippen LogP contribution < -0.4 is 11.3 Å². The van der Waals surface area contributed by atoms with Crippen molar-refractivity contribution in [3.8, 4) is 11.4 Å². The zero-order chi connectivity index (χ0) is 23.1. The largest absolute Gasteiger partial charge is 0.396 e. The number of nitrogens with zero attached hydrogens (tertiary/aromatic N) is 2. The second kappa shape index (κ2) is 8.47. The molecule has 0 saturated carbocycles. The van der Waals surface area contributed by atoms with Gasteiger partial charge < -0.3 is 15.7 Å². The molecule has 1 saturated heterocycles. The molecule has 3 aromatic carbocycles. The van der Waals surface area contributed by atoms with Crippen LogP contribution in [0.3, 0.4) is 0 Å². The molecular weight excluding hydrogens is 422 g/mol. The lowest BCUT2D eigenvalue weighted by Crippen LogP contribution is -2.32. The van der Waals surface area contributed by atoms with Crippen LogP contribution in [-0.2, 0) is 6.54 Å². The molecule has 6 nitrogen and oxygen atoms in total. The molecule has 1 fully saturated rings. The number of nitrogen functional groups attached to an aromatic ring is 1. The summed E-state index contributed by atoms with van der Waals surface area (Å²) in [6.45, 7) is 3.07. The van der Waals surface area contributed by atoms with Gasteiger partial charge in [-0.05, 0) is 67.2 Å². The summed E-state index contributed by atoms with van der Waals surface area (Å²) < 4.78 is 0. The third-order valence-corrected chi connectivity index (χ3v) is 7.00. The van der Waals surface area contributed by atoms with E-state index in [4.69, 9.17) is 5.73 Å². The van der Waals surface area contributed by atoms with Gasteiger partial charge in [-0.3, -0.25) is 9.69 Å². The molecule has 6 rings (SSSR count). The van der Waals surface area contributed by atoms with E-state index in [9.17, 15) is 4.79 Å². The number of piperidine rings is 1. The minimum Gasteiger partial charge on any atom is -0.396 e. The minimum atomic E-state index is -0.251. The van der Waals surface area contributed by atoms with Gasteiger partial charge in [0.2, 0.25) is 0 Å². The highest BCUT2D eigenvalue weighted by atomic mass is 16.1. The third-order valence-electron chi connectivity index (χ3n) is 7.00. The first-order chi connectivity index (χ1) is 16.7. The fourth-order valence-electron chi connectivity index (χ4n) is 5.15. The number of anilines is 1. The molecule has 170 valence electrons. The standard InChI is InChI=1S/C28H27N5O/c29-25-21-16-18(17-33-14-12-20(13-15-33)19-6-2-1-3-7-19)10-11-22(21)30-26(25)27-28(34)32-24-9-5-4-8-23(24)31-27/h1-11,16,20,30H,12-15,17,29H2,(H,32,34). The van der Waals surface area contributed by atoms with Crippen LogP contribution in [0.1, 0.15) is 29.9 Å². The number of hydrogen-bond donors (Lipinski definition) is 3. The molecule has 0 bridgehead atoms. The van der Waals surface area contributed by atoms with E-state index >= 15 is 0 Å². The number of likely N-dealkylation sites (tertiary alicyclic amines) is 1. The van der Waals surface area contributed by atoms with Crippen LogP contribution in [0, 0.1) is 0 Å². The van der Waals surface area contributed by atoms with E-state index < -0.39 is 0 Å². The first-order valence-electron chi connectivity index (χ1n) is 11.8. The van der Waals surface area contributed by atoms with E-state index in [2.05, 4.69) is 68.4 Å². The Morgan fingerprint density at radius 2 is 1.68 bits per heavy atom. The van der Waals surface area contributed by atoms with Crippen LogP contribution in [0.5, 0.6) is 0 Å². The summed E-state index contributed by atoms with van der Waals surface area (Å²) in [6, 6.07) is 24.7. The molecule has 34 heavy (non-hydrogen) atoms. The first kappa shape index (κ1) is 20.7. The highest BCUT2D eigenvalue weighted by molar-refractivity contribution is 6.00. The Balaban J connectivity index is 1.24. The van der Waals surface area contributed by atoms with E-state index in [1.54, 1.807) is 0 Å². The second-order valence-corrected chi connectivity index (χ2v) is 9.19. The molecule has 0 aliphatic carbocycles. The number of para-hydroxylation sites is 2. The quantitative estimate of drug-likeness (QED) is 0.359. The molecule has 1 aliphatic heterocycles. The van der Waals surface area contributed by atoms with Crippen LogP contribution in [0.15, 0.2) is 77.6 Å². The summed E-state index contributed by atoms with van der Waals surface area (Å²) in [5, 5.41) is 0.932. The molecule has 6 heteroatoms. The third kappa shape index (κ3) is 3.76. The Bertz CT molecular complexity index is 1530. The average Bonchev–Trinajstić information content (AvgIpc) is 3.20. The maximum atomic E-state index is 12.7. The Kier molecular flexibility index (Phi) is 5.15. The molecule has 0 radical (unpaired) electrons. The van der Waals surface area contributed by atoms with Crippen molar-refractivity contribution in [2.24, 2.45) is 0 Å². The van der Waals surface area contributed by atoms with Gasteiger partial charge in [0.05, 0.1) is 22.4 Å². The van der Waals surface area contributed by atoms with Crippen LogP contribution >= 0.6 is 0 Å². The monoisotopic (exact) mass is 449 g/mol. The van der Waals surface area contributed by atoms with E-state index in [-0.39, 0.29) is 5.56 Å². The molecule has 2 aromatic heterocycles. The normalized spacial score (nSPS) is 15.3. The number of rotatable bonds is 4. The van der Waals surface area contributed by atoms with Crippen LogP contribution in [-0.4, -0.2) is 32.9 Å². The topological polar surface area (TPSA) is 90.8 Å². The predicted octanol–water partition coefficient (Wildman–Crippen LogP) is 5.03. The lowest BCUT2D eigenvalue weighted by molar-refractivity contribution is 0.205. The van der Waals surface area contributed by atoms with Gasteiger partial charge in [-0.1, -0.05) is 48.5 Å². The van der Waals surface area contributed by atoms with Gasteiger partial charge in [0.1, 0.15) is 0 Å². The second-order valence-electron chi connectivity index (χ2n) is 9.19. The lowest BCUT2D eigenvalue weighted by atomic mass is 9.89. The van der Waals surface area contributed by atoms with Crippen molar-refractivity contribution in [1.29, 1.82) is 0 Å². The van der Waals surface area contributed by atoms with Crippen molar-refractivity contribution in [2.45, 2.75) is 25.3 Å². The summed E-state index contributed by atoms with van der Waals surface area (Å²) >= 11 is 0. The van der Waals surface area contributed by atoms with Crippen LogP contribution in [0.2, 0.25) is 0 Å². The van der Waals surface area contributed by atoms with Crippen molar-refractivity contribution in [2.75, 3.05) is 18.8 Å². The Labute approximate surface area is 197 Å². The number of aromatic nitrogens is 3. The smallest absolute Gasteiger partial charge is 0.276 e. The van der Waals surface area contributed by atoms with Crippen molar-refractivity contribution >= 4 is 27.6 Å². The van der Waals surface area contributed by atoms with Crippen LogP contribution in [0.25, 0.3) is 33.3 Å². The maximum Gasteiger partial charge on any atom is 0.276 e. The fraction of sp³-hybridized carbons (Fsp3) is 0.214. The Morgan fingerprint density at radius 3 is 2.50 bits per heavy atom. The minimum absolute atomic E-state index is 0.251. The molecule has 0 unspecified atom stereocenters. The average molecular weight is 450 g/mol. The molecule has 0 atom stereocenters. The van der Waals surface area contributed by atoms with Crippen LogP contribution in [0.4, 0.5) is 5.69 Å². The highest BCUT2D eigenvalue weighted by Gasteiger charge is 2.21. The predicted molar refractivity (Wildman–Crippen MR) is 138 cm³/mol.